The molecule has 24 heavy (non-hydrogen) atoms. The Morgan fingerprint density at radius 1 is 1.33 bits per heavy atom. The van der Waals surface area contributed by atoms with Crippen molar-refractivity contribution in [3.8, 4) is 5.75 Å². The average molecular weight is 329 g/mol. The SMILES string of the molecule is COc1c(C)cccc1/C=N/Nc1ncc(F)c(N2CCCC2)n1. The van der Waals surface area contributed by atoms with Gasteiger partial charge in [0.15, 0.2) is 11.6 Å². The molecule has 0 bridgehead atoms. The summed E-state index contributed by atoms with van der Waals surface area (Å²) in [6.07, 6.45) is 4.91. The number of anilines is 2. The number of ether oxygens (including phenoxy) is 1. The van der Waals surface area contributed by atoms with Crippen LogP contribution in [0.4, 0.5) is 16.2 Å². The second kappa shape index (κ2) is 7.25. The molecule has 0 spiro atoms. The molecule has 0 amide bonds. The second-order valence-corrected chi connectivity index (χ2v) is 5.63. The Balaban J connectivity index is 1.75. The van der Waals surface area contributed by atoms with E-state index in [0.29, 0.717) is 5.82 Å². The fourth-order valence-corrected chi connectivity index (χ4v) is 2.78. The lowest BCUT2D eigenvalue weighted by molar-refractivity contribution is 0.411. The van der Waals surface area contributed by atoms with Crippen molar-refractivity contribution in [1.29, 1.82) is 0 Å². The molecule has 1 aromatic carbocycles. The van der Waals surface area contributed by atoms with E-state index < -0.39 is 5.82 Å². The Kier molecular flexibility index (Phi) is 4.88. The smallest absolute Gasteiger partial charge is 0.245 e. The van der Waals surface area contributed by atoms with Gasteiger partial charge in [0.2, 0.25) is 5.95 Å². The van der Waals surface area contributed by atoms with Crippen LogP contribution in [0.2, 0.25) is 0 Å². The molecule has 1 N–H and O–H groups in total. The van der Waals surface area contributed by atoms with Crippen molar-refractivity contribution in [3.63, 3.8) is 0 Å². The Labute approximate surface area is 140 Å². The summed E-state index contributed by atoms with van der Waals surface area (Å²) in [4.78, 5) is 10.1. The number of hydrogen-bond acceptors (Lipinski definition) is 6. The lowest BCUT2D eigenvalue weighted by atomic mass is 10.1. The highest BCUT2D eigenvalue weighted by Gasteiger charge is 2.18. The van der Waals surface area contributed by atoms with Crippen LogP contribution in [0.25, 0.3) is 0 Å². The van der Waals surface area contributed by atoms with Crippen LogP contribution in [0.1, 0.15) is 24.0 Å². The van der Waals surface area contributed by atoms with Crippen molar-refractivity contribution in [2.24, 2.45) is 5.10 Å². The molecular formula is C17H20FN5O. The summed E-state index contributed by atoms with van der Waals surface area (Å²) >= 11 is 0. The predicted molar refractivity (Wildman–Crippen MR) is 92.4 cm³/mol. The molecule has 0 radical (unpaired) electrons. The first-order valence-electron chi connectivity index (χ1n) is 7.89. The lowest BCUT2D eigenvalue weighted by Crippen LogP contribution is -2.21. The minimum atomic E-state index is -0.410. The normalized spacial score (nSPS) is 14.4. The second-order valence-electron chi connectivity index (χ2n) is 5.63. The lowest BCUT2D eigenvalue weighted by Gasteiger charge is -2.16. The molecule has 3 rings (SSSR count). The number of methoxy groups -OCH3 is 1. The third-order valence-corrected chi connectivity index (χ3v) is 3.95. The topological polar surface area (TPSA) is 62.6 Å². The van der Waals surface area contributed by atoms with Gasteiger partial charge in [0.05, 0.1) is 19.5 Å². The predicted octanol–water partition coefficient (Wildman–Crippen LogP) is 2.98. The van der Waals surface area contributed by atoms with Crippen molar-refractivity contribution in [3.05, 3.63) is 41.3 Å². The van der Waals surface area contributed by atoms with Gasteiger partial charge in [-0.15, -0.1) is 0 Å². The molecule has 1 aliphatic rings. The standard InChI is InChI=1S/C17H20FN5O/c1-12-6-5-7-13(15(12)24-2)10-20-22-17-19-11-14(18)16(21-17)23-8-3-4-9-23/h5-7,10-11H,3-4,8-9H2,1-2H3,(H,19,21,22)/b20-10+. The van der Waals surface area contributed by atoms with Crippen LogP contribution in [-0.2, 0) is 0 Å². The Morgan fingerprint density at radius 3 is 2.88 bits per heavy atom. The van der Waals surface area contributed by atoms with Gasteiger partial charge in [-0.05, 0) is 31.4 Å². The quantitative estimate of drug-likeness (QED) is 0.675. The number of hydrazone groups is 1. The van der Waals surface area contributed by atoms with Crippen LogP contribution in [0.5, 0.6) is 5.75 Å². The van der Waals surface area contributed by atoms with Crippen LogP contribution in [0.15, 0.2) is 29.5 Å². The van der Waals surface area contributed by atoms with Crippen LogP contribution in [0, 0.1) is 12.7 Å². The molecule has 1 fully saturated rings. The molecule has 2 aromatic rings. The molecule has 1 aliphatic heterocycles. The monoisotopic (exact) mass is 329 g/mol. The minimum Gasteiger partial charge on any atom is -0.496 e. The zero-order chi connectivity index (χ0) is 16.9. The molecule has 126 valence electrons. The summed E-state index contributed by atoms with van der Waals surface area (Å²) in [5, 5.41) is 4.14. The number of rotatable bonds is 5. The summed E-state index contributed by atoms with van der Waals surface area (Å²) in [5.74, 6) is 0.946. The molecule has 1 saturated heterocycles. The molecular weight excluding hydrogens is 309 g/mol. The van der Waals surface area contributed by atoms with Crippen LogP contribution in [-0.4, -0.2) is 36.4 Å². The van der Waals surface area contributed by atoms with Crippen molar-refractivity contribution >= 4 is 18.0 Å². The van der Waals surface area contributed by atoms with Gasteiger partial charge in [-0.1, -0.05) is 12.1 Å². The van der Waals surface area contributed by atoms with Gasteiger partial charge in [0.25, 0.3) is 0 Å². The van der Waals surface area contributed by atoms with E-state index >= 15 is 0 Å². The number of benzene rings is 1. The summed E-state index contributed by atoms with van der Waals surface area (Å²) in [7, 11) is 1.62. The Morgan fingerprint density at radius 2 is 2.12 bits per heavy atom. The van der Waals surface area contributed by atoms with E-state index in [-0.39, 0.29) is 5.95 Å². The number of aryl methyl sites for hydroxylation is 1. The van der Waals surface area contributed by atoms with Gasteiger partial charge in [-0.25, -0.2) is 14.8 Å². The number of aromatic nitrogens is 2. The minimum absolute atomic E-state index is 0.265. The number of nitrogens with zero attached hydrogens (tertiary/aromatic N) is 4. The van der Waals surface area contributed by atoms with E-state index in [1.54, 1.807) is 13.3 Å². The van der Waals surface area contributed by atoms with Gasteiger partial charge in [0, 0.05) is 18.7 Å². The molecule has 0 aliphatic carbocycles. The summed E-state index contributed by atoms with van der Waals surface area (Å²) in [6, 6.07) is 5.80. The van der Waals surface area contributed by atoms with Gasteiger partial charge >= 0.3 is 0 Å². The summed E-state index contributed by atoms with van der Waals surface area (Å²) < 4.78 is 19.3. The van der Waals surface area contributed by atoms with Crippen molar-refractivity contribution in [1.82, 2.24) is 9.97 Å². The van der Waals surface area contributed by atoms with E-state index in [9.17, 15) is 4.39 Å². The zero-order valence-corrected chi connectivity index (χ0v) is 13.8. The highest BCUT2D eigenvalue weighted by Crippen LogP contribution is 2.22. The molecule has 2 heterocycles. The summed E-state index contributed by atoms with van der Waals surface area (Å²) in [5.41, 5.74) is 4.62. The molecule has 6 nitrogen and oxygen atoms in total. The van der Waals surface area contributed by atoms with Crippen molar-refractivity contribution in [2.45, 2.75) is 19.8 Å². The first kappa shape index (κ1) is 16.2. The molecule has 0 unspecified atom stereocenters. The molecule has 0 atom stereocenters. The van der Waals surface area contributed by atoms with E-state index in [1.807, 2.05) is 30.0 Å². The largest absolute Gasteiger partial charge is 0.496 e. The fraction of sp³-hybridized carbons (Fsp3) is 0.353. The van der Waals surface area contributed by atoms with Crippen LogP contribution >= 0.6 is 0 Å². The van der Waals surface area contributed by atoms with Gasteiger partial charge in [-0.3, -0.25) is 0 Å². The molecule has 1 aromatic heterocycles. The number of para-hydroxylation sites is 1. The van der Waals surface area contributed by atoms with Gasteiger partial charge in [-0.2, -0.15) is 10.1 Å². The van der Waals surface area contributed by atoms with E-state index in [0.717, 1.165) is 42.8 Å². The third kappa shape index (κ3) is 3.45. The maximum Gasteiger partial charge on any atom is 0.245 e. The van der Waals surface area contributed by atoms with Crippen LogP contribution in [0.3, 0.4) is 0 Å². The first-order chi connectivity index (χ1) is 11.7. The van der Waals surface area contributed by atoms with Crippen molar-refractivity contribution < 1.29 is 9.13 Å². The first-order valence-corrected chi connectivity index (χ1v) is 7.89. The average Bonchev–Trinajstić information content (AvgIpc) is 3.11. The van der Waals surface area contributed by atoms with E-state index in [2.05, 4.69) is 20.5 Å². The Hall–Kier alpha value is -2.70. The highest BCUT2D eigenvalue weighted by molar-refractivity contribution is 5.84. The van der Waals surface area contributed by atoms with Gasteiger partial charge < -0.3 is 9.64 Å². The maximum atomic E-state index is 13.9. The Bertz CT molecular complexity index is 744. The maximum absolute atomic E-state index is 13.9. The van der Waals surface area contributed by atoms with Gasteiger partial charge in [0.1, 0.15) is 5.75 Å². The highest BCUT2D eigenvalue weighted by atomic mass is 19.1. The molecule has 7 heteroatoms. The molecule has 0 saturated carbocycles. The fourth-order valence-electron chi connectivity index (χ4n) is 2.78. The zero-order valence-electron chi connectivity index (χ0n) is 13.8. The van der Waals surface area contributed by atoms with Crippen molar-refractivity contribution in [2.75, 3.05) is 30.5 Å². The van der Waals surface area contributed by atoms with E-state index in [4.69, 9.17) is 4.74 Å². The third-order valence-electron chi connectivity index (χ3n) is 3.95. The summed E-state index contributed by atoms with van der Waals surface area (Å²) in [6.45, 7) is 3.60. The van der Waals surface area contributed by atoms with Crippen LogP contribution < -0.4 is 15.1 Å². The number of halogens is 1. The number of nitrogens with one attached hydrogen (secondary N) is 1. The number of hydrogen-bond donors (Lipinski definition) is 1. The van der Waals surface area contributed by atoms with E-state index in [1.165, 1.54) is 6.20 Å².